The van der Waals surface area contributed by atoms with E-state index in [-0.39, 0.29) is 11.5 Å². The third-order valence-electron chi connectivity index (χ3n) is 8.98. The molecule has 2 nitrogen and oxygen atoms in total. The zero-order valence-electron chi connectivity index (χ0n) is 14.5. The van der Waals surface area contributed by atoms with Crippen LogP contribution in [0.1, 0.15) is 72.1 Å². The second-order valence-corrected chi connectivity index (χ2v) is 9.50. The van der Waals surface area contributed by atoms with E-state index in [9.17, 15) is 9.90 Å². The van der Waals surface area contributed by atoms with Gasteiger partial charge >= 0.3 is 0 Å². The Morgan fingerprint density at radius 3 is 2.55 bits per heavy atom. The van der Waals surface area contributed by atoms with Crippen LogP contribution in [0.5, 0.6) is 0 Å². The summed E-state index contributed by atoms with van der Waals surface area (Å²) in [6, 6.07) is 0. The highest BCUT2D eigenvalue weighted by molar-refractivity contribution is 5.80. The second-order valence-electron chi connectivity index (χ2n) is 9.50. The topological polar surface area (TPSA) is 37.3 Å². The van der Waals surface area contributed by atoms with Crippen molar-refractivity contribution in [1.29, 1.82) is 0 Å². The van der Waals surface area contributed by atoms with E-state index in [4.69, 9.17) is 0 Å². The molecule has 4 aliphatic carbocycles. The van der Waals surface area contributed by atoms with Crippen molar-refractivity contribution >= 4 is 5.78 Å². The van der Waals surface area contributed by atoms with E-state index in [2.05, 4.69) is 20.8 Å². The lowest BCUT2D eigenvalue weighted by atomic mass is 9.43. The van der Waals surface area contributed by atoms with Gasteiger partial charge in [0.15, 0.2) is 0 Å². The molecule has 0 aliphatic heterocycles. The summed E-state index contributed by atoms with van der Waals surface area (Å²) in [6.07, 6.45) is 8.84. The van der Waals surface area contributed by atoms with Gasteiger partial charge in [0, 0.05) is 12.8 Å². The Balaban J connectivity index is 1.67. The number of rotatable bonds is 0. The molecule has 2 heteroatoms. The van der Waals surface area contributed by atoms with Crippen LogP contribution in [0, 0.1) is 40.4 Å². The summed E-state index contributed by atoms with van der Waals surface area (Å²) in [5.74, 6) is 3.99. The van der Waals surface area contributed by atoms with Gasteiger partial charge in [0.05, 0.1) is 6.10 Å². The standard InChI is InChI=1S/C20H32O2/c1-12-10-14(21)11-13-4-5-15-16-6-7-18(22)19(16,2)9-8-17(15)20(12,13)3/h12-13,15-18,22H,4-11H2,1-3H3/t12?,13?,15-,16-,17+,18?,19-,20-/m0/s1. The van der Waals surface area contributed by atoms with Crippen molar-refractivity contribution in [2.75, 3.05) is 0 Å². The number of ketones is 1. The Morgan fingerprint density at radius 1 is 1.00 bits per heavy atom. The van der Waals surface area contributed by atoms with Gasteiger partial charge in [-0.2, -0.15) is 0 Å². The molecule has 3 unspecified atom stereocenters. The summed E-state index contributed by atoms with van der Waals surface area (Å²) >= 11 is 0. The predicted molar refractivity (Wildman–Crippen MR) is 87.3 cm³/mol. The number of hydrogen-bond donors (Lipinski definition) is 1. The highest BCUT2D eigenvalue weighted by Crippen LogP contribution is 2.66. The first-order chi connectivity index (χ1) is 10.4. The lowest BCUT2D eigenvalue weighted by Crippen LogP contribution is -2.56. The average molecular weight is 304 g/mol. The van der Waals surface area contributed by atoms with Gasteiger partial charge in [-0.15, -0.1) is 0 Å². The highest BCUT2D eigenvalue weighted by atomic mass is 16.3. The lowest BCUT2D eigenvalue weighted by Gasteiger charge is -2.62. The summed E-state index contributed by atoms with van der Waals surface area (Å²) < 4.78 is 0. The van der Waals surface area contributed by atoms with Gasteiger partial charge in [-0.05, 0) is 78.9 Å². The summed E-state index contributed by atoms with van der Waals surface area (Å²) in [5.41, 5.74) is 0.545. The van der Waals surface area contributed by atoms with Gasteiger partial charge in [-0.3, -0.25) is 4.79 Å². The molecule has 0 bridgehead atoms. The Bertz CT molecular complexity index is 486. The zero-order chi connectivity index (χ0) is 15.7. The monoisotopic (exact) mass is 304 g/mol. The number of hydrogen-bond acceptors (Lipinski definition) is 2. The first kappa shape index (κ1) is 15.2. The fourth-order valence-corrected chi connectivity index (χ4v) is 7.45. The Kier molecular flexibility index (Phi) is 3.32. The maximum atomic E-state index is 12.1. The number of Topliss-reactive ketones (excluding diaryl/α,β-unsaturated/α-hetero) is 1. The molecule has 0 saturated heterocycles. The molecule has 4 saturated carbocycles. The number of aliphatic hydroxyl groups excluding tert-OH is 1. The molecule has 0 aromatic heterocycles. The maximum Gasteiger partial charge on any atom is 0.133 e. The van der Waals surface area contributed by atoms with Crippen molar-refractivity contribution in [2.45, 2.75) is 78.2 Å². The molecule has 0 heterocycles. The maximum absolute atomic E-state index is 12.1. The third kappa shape index (κ3) is 1.79. The van der Waals surface area contributed by atoms with Crippen LogP contribution in [-0.4, -0.2) is 17.0 Å². The van der Waals surface area contributed by atoms with Crippen LogP contribution in [-0.2, 0) is 4.79 Å². The SMILES string of the molecule is CC1CC(=O)CC2CC[C@@H]3[C@@H](CC[C@]4(C)C(O)CC[C@@H]34)[C@@]12C. The molecule has 0 amide bonds. The van der Waals surface area contributed by atoms with Crippen molar-refractivity contribution in [1.82, 2.24) is 0 Å². The fraction of sp³-hybridized carbons (Fsp3) is 0.950. The van der Waals surface area contributed by atoms with Gasteiger partial charge in [0.2, 0.25) is 0 Å². The summed E-state index contributed by atoms with van der Waals surface area (Å²) in [6.45, 7) is 7.21. The van der Waals surface area contributed by atoms with Crippen molar-refractivity contribution in [2.24, 2.45) is 40.4 Å². The van der Waals surface area contributed by atoms with Crippen LogP contribution in [0.25, 0.3) is 0 Å². The van der Waals surface area contributed by atoms with Gasteiger partial charge in [0.1, 0.15) is 5.78 Å². The normalized spacial score (nSPS) is 57.9. The van der Waals surface area contributed by atoms with E-state index in [1.165, 1.54) is 32.1 Å². The van der Waals surface area contributed by atoms with E-state index in [1.807, 2.05) is 0 Å². The van der Waals surface area contributed by atoms with E-state index < -0.39 is 0 Å². The molecule has 1 N–H and O–H groups in total. The quantitative estimate of drug-likeness (QED) is 0.728. The summed E-state index contributed by atoms with van der Waals surface area (Å²) in [4.78, 5) is 12.1. The number of carbonyl (C=O) groups is 1. The van der Waals surface area contributed by atoms with E-state index in [0.29, 0.717) is 23.0 Å². The van der Waals surface area contributed by atoms with E-state index >= 15 is 0 Å². The molecule has 22 heavy (non-hydrogen) atoms. The summed E-state index contributed by atoms with van der Waals surface area (Å²) in [5, 5.41) is 10.5. The molecule has 0 spiro atoms. The van der Waals surface area contributed by atoms with Gasteiger partial charge in [0.25, 0.3) is 0 Å². The molecule has 0 aromatic carbocycles. The molecular formula is C20H32O2. The Morgan fingerprint density at radius 2 is 1.77 bits per heavy atom. The molecule has 124 valence electrons. The largest absolute Gasteiger partial charge is 0.393 e. The van der Waals surface area contributed by atoms with E-state index in [0.717, 1.165) is 37.0 Å². The number of fused-ring (bicyclic) bond motifs is 5. The van der Waals surface area contributed by atoms with Crippen LogP contribution in [0.2, 0.25) is 0 Å². The number of aliphatic hydroxyl groups is 1. The van der Waals surface area contributed by atoms with Crippen LogP contribution >= 0.6 is 0 Å². The molecule has 4 aliphatic rings. The molecular weight excluding hydrogens is 272 g/mol. The average Bonchev–Trinajstić information content (AvgIpc) is 2.77. The first-order valence-corrected chi connectivity index (χ1v) is 9.57. The molecule has 4 fully saturated rings. The van der Waals surface area contributed by atoms with Crippen LogP contribution in [0.4, 0.5) is 0 Å². The molecule has 8 atom stereocenters. The minimum absolute atomic E-state index is 0.0747. The number of carbonyl (C=O) groups excluding carboxylic acids is 1. The van der Waals surface area contributed by atoms with Crippen molar-refractivity contribution < 1.29 is 9.90 Å². The van der Waals surface area contributed by atoms with Crippen molar-refractivity contribution in [3.05, 3.63) is 0 Å². The predicted octanol–water partition coefficient (Wildman–Crippen LogP) is 4.21. The zero-order valence-corrected chi connectivity index (χ0v) is 14.5. The smallest absolute Gasteiger partial charge is 0.133 e. The minimum Gasteiger partial charge on any atom is -0.393 e. The summed E-state index contributed by atoms with van der Waals surface area (Å²) in [7, 11) is 0. The molecule has 0 aromatic rings. The van der Waals surface area contributed by atoms with Crippen molar-refractivity contribution in [3.8, 4) is 0 Å². The highest BCUT2D eigenvalue weighted by Gasteiger charge is 2.61. The minimum atomic E-state index is -0.0747. The lowest BCUT2D eigenvalue weighted by molar-refractivity contribution is -0.154. The second kappa shape index (κ2) is 4.82. The van der Waals surface area contributed by atoms with Gasteiger partial charge in [-0.1, -0.05) is 20.8 Å². The first-order valence-electron chi connectivity index (χ1n) is 9.57. The van der Waals surface area contributed by atoms with Crippen LogP contribution < -0.4 is 0 Å². The fourth-order valence-electron chi connectivity index (χ4n) is 7.45. The van der Waals surface area contributed by atoms with Crippen LogP contribution in [0.15, 0.2) is 0 Å². The van der Waals surface area contributed by atoms with Gasteiger partial charge in [-0.25, -0.2) is 0 Å². The molecule has 4 rings (SSSR count). The van der Waals surface area contributed by atoms with E-state index in [1.54, 1.807) is 0 Å². The van der Waals surface area contributed by atoms with Crippen molar-refractivity contribution in [3.63, 3.8) is 0 Å². The molecule has 0 radical (unpaired) electrons. The third-order valence-corrected chi connectivity index (χ3v) is 8.98. The van der Waals surface area contributed by atoms with Crippen LogP contribution in [0.3, 0.4) is 0 Å². The Labute approximate surface area is 135 Å². The Hall–Kier alpha value is -0.370. The van der Waals surface area contributed by atoms with Gasteiger partial charge < -0.3 is 5.11 Å².